The fraction of sp³-hybridized carbons (Fsp3) is 0.286. The van der Waals surface area contributed by atoms with E-state index in [9.17, 15) is 13.2 Å². The van der Waals surface area contributed by atoms with Gasteiger partial charge in [-0.3, -0.25) is 0 Å². The minimum atomic E-state index is -4.54. The van der Waals surface area contributed by atoms with Crippen LogP contribution in [0.15, 0.2) is 36.4 Å². The van der Waals surface area contributed by atoms with E-state index >= 15 is 0 Å². The normalized spacial score (nSPS) is 11.4. The average molecular weight is 296 g/mol. The highest BCUT2D eigenvalue weighted by Gasteiger charge is 2.33. The molecule has 0 saturated carbocycles. The second-order valence-corrected chi connectivity index (χ2v) is 4.62. The van der Waals surface area contributed by atoms with Crippen molar-refractivity contribution in [3.63, 3.8) is 0 Å². The Balaban J connectivity index is 2.12. The van der Waals surface area contributed by atoms with Gasteiger partial charge in [-0.15, -0.1) is 0 Å². The largest absolute Gasteiger partial charge is 0.433 e. The van der Waals surface area contributed by atoms with E-state index in [0.29, 0.717) is 13.0 Å². The van der Waals surface area contributed by atoms with E-state index in [0.717, 1.165) is 11.6 Å². The first-order valence-electron chi connectivity index (χ1n) is 6.33. The quantitative estimate of drug-likeness (QED) is 0.942. The molecule has 7 heteroatoms. The van der Waals surface area contributed by atoms with E-state index < -0.39 is 11.9 Å². The molecule has 0 fully saturated rings. The van der Waals surface area contributed by atoms with Crippen LogP contribution in [0.2, 0.25) is 0 Å². The predicted octanol–water partition coefficient (Wildman–Crippen LogP) is 2.76. The zero-order chi connectivity index (χ0) is 15.5. The number of benzene rings is 1. The van der Waals surface area contributed by atoms with Crippen molar-refractivity contribution in [3.8, 4) is 0 Å². The van der Waals surface area contributed by atoms with E-state index in [4.69, 9.17) is 5.73 Å². The van der Waals surface area contributed by atoms with Gasteiger partial charge in [0.2, 0.25) is 5.95 Å². The molecule has 1 aromatic carbocycles. The standard InChI is InChI=1S/C14H15F3N4/c1-21(8-7-10-5-3-2-4-6-10)12-9-11(14(15,16)17)19-13(18)20-12/h2-6,9H,7-8H2,1H3,(H2,18,19,20). The molecule has 0 saturated heterocycles. The summed E-state index contributed by atoms with van der Waals surface area (Å²) in [4.78, 5) is 8.70. The van der Waals surface area contributed by atoms with Gasteiger partial charge in [-0.05, 0) is 12.0 Å². The summed E-state index contributed by atoms with van der Waals surface area (Å²) in [5.74, 6) is -0.225. The fourth-order valence-corrected chi connectivity index (χ4v) is 1.85. The highest BCUT2D eigenvalue weighted by Crippen LogP contribution is 2.29. The molecule has 112 valence electrons. The molecule has 0 spiro atoms. The maximum Gasteiger partial charge on any atom is 0.433 e. The van der Waals surface area contributed by atoms with Crippen LogP contribution in [0.5, 0.6) is 0 Å². The molecule has 0 amide bonds. The molecular weight excluding hydrogens is 281 g/mol. The number of halogens is 3. The fourth-order valence-electron chi connectivity index (χ4n) is 1.85. The Bertz CT molecular complexity index is 599. The van der Waals surface area contributed by atoms with Crippen LogP contribution in [-0.2, 0) is 12.6 Å². The summed E-state index contributed by atoms with van der Waals surface area (Å²) in [7, 11) is 1.67. The molecule has 1 heterocycles. The van der Waals surface area contributed by atoms with Crippen LogP contribution in [0, 0.1) is 0 Å². The van der Waals surface area contributed by atoms with Crippen molar-refractivity contribution >= 4 is 11.8 Å². The number of rotatable bonds is 4. The lowest BCUT2D eigenvalue weighted by molar-refractivity contribution is -0.141. The number of hydrogen-bond acceptors (Lipinski definition) is 4. The lowest BCUT2D eigenvalue weighted by atomic mass is 10.1. The number of nitrogen functional groups attached to an aromatic ring is 1. The molecule has 0 bridgehead atoms. The Hall–Kier alpha value is -2.31. The average Bonchev–Trinajstić information content (AvgIpc) is 2.44. The maximum atomic E-state index is 12.7. The molecule has 0 unspecified atom stereocenters. The summed E-state index contributed by atoms with van der Waals surface area (Å²) in [6.07, 6.45) is -3.84. The van der Waals surface area contributed by atoms with Crippen molar-refractivity contribution in [2.75, 3.05) is 24.2 Å². The van der Waals surface area contributed by atoms with Gasteiger partial charge in [-0.25, -0.2) is 4.98 Å². The zero-order valence-corrected chi connectivity index (χ0v) is 11.4. The molecule has 4 nitrogen and oxygen atoms in total. The van der Waals surface area contributed by atoms with Crippen molar-refractivity contribution < 1.29 is 13.2 Å². The Morgan fingerprint density at radius 3 is 2.43 bits per heavy atom. The zero-order valence-electron chi connectivity index (χ0n) is 11.4. The van der Waals surface area contributed by atoms with Gasteiger partial charge in [0.05, 0.1) is 0 Å². The first-order chi connectivity index (χ1) is 9.86. The lowest BCUT2D eigenvalue weighted by Gasteiger charge is -2.19. The number of nitrogens with two attached hydrogens (primary N) is 1. The van der Waals surface area contributed by atoms with Gasteiger partial charge in [-0.1, -0.05) is 30.3 Å². The third kappa shape index (κ3) is 4.08. The number of nitrogens with zero attached hydrogens (tertiary/aromatic N) is 3. The van der Waals surface area contributed by atoms with Gasteiger partial charge < -0.3 is 10.6 Å². The van der Waals surface area contributed by atoms with Crippen LogP contribution in [0.3, 0.4) is 0 Å². The Morgan fingerprint density at radius 1 is 1.14 bits per heavy atom. The maximum absolute atomic E-state index is 12.7. The van der Waals surface area contributed by atoms with Crippen LogP contribution in [0.1, 0.15) is 11.3 Å². The van der Waals surface area contributed by atoms with E-state index in [1.54, 1.807) is 11.9 Å². The van der Waals surface area contributed by atoms with Crippen molar-refractivity contribution in [1.82, 2.24) is 9.97 Å². The molecule has 0 radical (unpaired) electrons. The van der Waals surface area contributed by atoms with Crippen LogP contribution in [0.25, 0.3) is 0 Å². The lowest BCUT2D eigenvalue weighted by Crippen LogP contribution is -2.23. The molecule has 21 heavy (non-hydrogen) atoms. The third-order valence-electron chi connectivity index (χ3n) is 2.99. The Kier molecular flexibility index (Phi) is 4.30. The van der Waals surface area contributed by atoms with Crippen LogP contribution < -0.4 is 10.6 Å². The van der Waals surface area contributed by atoms with Gasteiger partial charge in [0.25, 0.3) is 0 Å². The summed E-state index contributed by atoms with van der Waals surface area (Å²) in [6, 6.07) is 10.6. The summed E-state index contributed by atoms with van der Waals surface area (Å²) in [6.45, 7) is 0.526. The van der Waals surface area contributed by atoms with Crippen molar-refractivity contribution in [2.24, 2.45) is 0 Å². The SMILES string of the molecule is CN(CCc1ccccc1)c1cc(C(F)(F)F)nc(N)n1. The molecule has 1 aromatic heterocycles. The van der Waals surface area contributed by atoms with E-state index in [-0.39, 0.29) is 11.8 Å². The van der Waals surface area contributed by atoms with Crippen molar-refractivity contribution in [3.05, 3.63) is 47.7 Å². The second kappa shape index (κ2) is 5.99. The van der Waals surface area contributed by atoms with Gasteiger partial charge in [0.1, 0.15) is 5.82 Å². The first kappa shape index (κ1) is 15.1. The molecule has 0 atom stereocenters. The van der Waals surface area contributed by atoms with E-state index in [1.165, 1.54) is 0 Å². The molecule has 0 aliphatic carbocycles. The first-order valence-corrected chi connectivity index (χ1v) is 6.33. The molecule has 2 rings (SSSR count). The van der Waals surface area contributed by atoms with Crippen LogP contribution in [0.4, 0.5) is 24.9 Å². The van der Waals surface area contributed by atoms with Crippen molar-refractivity contribution in [2.45, 2.75) is 12.6 Å². The Morgan fingerprint density at radius 2 is 1.81 bits per heavy atom. The topological polar surface area (TPSA) is 55.0 Å². The number of aromatic nitrogens is 2. The molecule has 2 aromatic rings. The Labute approximate surface area is 120 Å². The highest BCUT2D eigenvalue weighted by molar-refractivity contribution is 5.43. The molecule has 0 aliphatic rings. The smallest absolute Gasteiger partial charge is 0.368 e. The van der Waals surface area contributed by atoms with Gasteiger partial charge in [0.15, 0.2) is 5.69 Å². The number of anilines is 2. The van der Waals surface area contributed by atoms with Crippen LogP contribution in [-0.4, -0.2) is 23.6 Å². The summed E-state index contributed by atoms with van der Waals surface area (Å²) >= 11 is 0. The van der Waals surface area contributed by atoms with E-state index in [1.807, 2.05) is 30.3 Å². The molecule has 2 N–H and O–H groups in total. The monoisotopic (exact) mass is 296 g/mol. The summed E-state index contributed by atoms with van der Waals surface area (Å²) in [5, 5.41) is 0. The molecular formula is C14H15F3N4. The van der Waals surface area contributed by atoms with Gasteiger partial charge in [0, 0.05) is 19.7 Å². The minimum Gasteiger partial charge on any atom is -0.368 e. The number of hydrogen-bond donors (Lipinski definition) is 1. The van der Waals surface area contributed by atoms with Gasteiger partial charge in [-0.2, -0.15) is 18.2 Å². The minimum absolute atomic E-state index is 0.158. The molecule has 0 aliphatic heterocycles. The van der Waals surface area contributed by atoms with Crippen molar-refractivity contribution in [1.29, 1.82) is 0 Å². The van der Waals surface area contributed by atoms with Crippen LogP contribution >= 0.6 is 0 Å². The summed E-state index contributed by atoms with van der Waals surface area (Å²) in [5.41, 5.74) is 5.42. The number of alkyl halides is 3. The van der Waals surface area contributed by atoms with Gasteiger partial charge >= 0.3 is 6.18 Å². The third-order valence-corrected chi connectivity index (χ3v) is 2.99. The second-order valence-electron chi connectivity index (χ2n) is 4.62. The summed E-state index contributed by atoms with van der Waals surface area (Å²) < 4.78 is 38.1. The number of likely N-dealkylation sites (N-methyl/N-ethyl adjacent to an activating group) is 1. The predicted molar refractivity (Wildman–Crippen MR) is 74.9 cm³/mol. The van der Waals surface area contributed by atoms with E-state index in [2.05, 4.69) is 9.97 Å². The highest BCUT2D eigenvalue weighted by atomic mass is 19.4.